The molecular formula is C27H30N2O6. The fraction of sp³-hybridized carbons (Fsp3) is 0.296. The van der Waals surface area contributed by atoms with Crippen LogP contribution in [0.3, 0.4) is 0 Å². The molecular weight excluding hydrogens is 448 g/mol. The van der Waals surface area contributed by atoms with Gasteiger partial charge in [-0.15, -0.1) is 0 Å². The van der Waals surface area contributed by atoms with Crippen LogP contribution in [0.5, 0.6) is 17.2 Å². The molecule has 8 heteroatoms. The largest absolute Gasteiger partial charge is 0.503 e. The molecule has 35 heavy (non-hydrogen) atoms. The minimum Gasteiger partial charge on any atom is -0.503 e. The molecule has 2 N–H and O–H groups in total. The van der Waals surface area contributed by atoms with Gasteiger partial charge in [0.05, 0.1) is 13.7 Å². The third kappa shape index (κ3) is 7.20. The number of hydrogen-bond donors (Lipinski definition) is 2. The molecule has 1 amide bonds. The number of para-hydroxylation sites is 1. The number of aromatic nitrogens is 1. The van der Waals surface area contributed by atoms with E-state index in [0.717, 1.165) is 11.3 Å². The Kier molecular flexibility index (Phi) is 9.06. The van der Waals surface area contributed by atoms with Crippen molar-refractivity contribution in [1.82, 2.24) is 10.3 Å². The number of hydrogen-bond acceptors (Lipinski definition) is 7. The van der Waals surface area contributed by atoms with Crippen molar-refractivity contribution < 1.29 is 28.9 Å². The Labute approximate surface area is 204 Å². The van der Waals surface area contributed by atoms with Gasteiger partial charge in [0.25, 0.3) is 5.91 Å². The van der Waals surface area contributed by atoms with Crippen molar-refractivity contribution in [3.05, 3.63) is 84.2 Å². The molecule has 0 bridgehead atoms. The van der Waals surface area contributed by atoms with Gasteiger partial charge in [0.2, 0.25) is 0 Å². The van der Waals surface area contributed by atoms with E-state index in [0.29, 0.717) is 13.0 Å². The second-order valence-electron chi connectivity index (χ2n) is 8.12. The highest BCUT2D eigenvalue weighted by atomic mass is 16.5. The average Bonchev–Trinajstić information content (AvgIpc) is 2.87. The van der Waals surface area contributed by atoms with Crippen molar-refractivity contribution in [2.75, 3.05) is 13.7 Å². The van der Waals surface area contributed by atoms with Gasteiger partial charge < -0.3 is 24.6 Å². The van der Waals surface area contributed by atoms with E-state index in [1.54, 1.807) is 0 Å². The van der Waals surface area contributed by atoms with Gasteiger partial charge in [0, 0.05) is 18.2 Å². The maximum Gasteiger partial charge on any atom is 0.328 e. The highest BCUT2D eigenvalue weighted by Gasteiger charge is 2.27. The lowest BCUT2D eigenvalue weighted by Crippen LogP contribution is -2.42. The van der Waals surface area contributed by atoms with E-state index in [1.807, 2.05) is 67.6 Å². The van der Waals surface area contributed by atoms with Crippen LogP contribution in [0.2, 0.25) is 0 Å². The summed E-state index contributed by atoms with van der Waals surface area (Å²) >= 11 is 0. The summed E-state index contributed by atoms with van der Waals surface area (Å²) in [4.78, 5) is 29.2. The van der Waals surface area contributed by atoms with E-state index in [9.17, 15) is 14.7 Å². The average molecular weight is 479 g/mol. The predicted molar refractivity (Wildman–Crippen MR) is 131 cm³/mol. The van der Waals surface area contributed by atoms with Crippen LogP contribution in [0, 0.1) is 5.92 Å². The summed E-state index contributed by atoms with van der Waals surface area (Å²) in [5.74, 6) is -1.01. The molecule has 0 radical (unpaired) electrons. The molecule has 0 spiro atoms. The van der Waals surface area contributed by atoms with Crippen LogP contribution in [-0.4, -0.2) is 47.8 Å². The number of esters is 1. The van der Waals surface area contributed by atoms with Gasteiger partial charge in [0.15, 0.2) is 17.2 Å². The van der Waals surface area contributed by atoms with Crippen LogP contribution in [0.4, 0.5) is 0 Å². The molecule has 2 aromatic carbocycles. The number of ether oxygens (including phenoxy) is 3. The number of rotatable bonds is 11. The quantitative estimate of drug-likeness (QED) is 0.404. The number of carbonyl (C=O) groups excluding carboxylic acids is 2. The van der Waals surface area contributed by atoms with Crippen molar-refractivity contribution in [2.24, 2.45) is 5.92 Å². The van der Waals surface area contributed by atoms with Crippen molar-refractivity contribution in [2.45, 2.75) is 32.4 Å². The molecule has 0 fully saturated rings. The maximum atomic E-state index is 12.8. The van der Waals surface area contributed by atoms with Crippen molar-refractivity contribution in [3.8, 4) is 17.2 Å². The lowest BCUT2D eigenvalue weighted by molar-refractivity contribution is -0.153. The third-order valence-electron chi connectivity index (χ3n) is 5.54. The van der Waals surface area contributed by atoms with Crippen molar-refractivity contribution in [1.29, 1.82) is 0 Å². The maximum absolute atomic E-state index is 12.8. The first kappa shape index (κ1) is 25.6. The zero-order valence-corrected chi connectivity index (χ0v) is 20.0. The second-order valence-corrected chi connectivity index (χ2v) is 8.12. The van der Waals surface area contributed by atoms with Crippen molar-refractivity contribution in [3.63, 3.8) is 0 Å². The van der Waals surface area contributed by atoms with Gasteiger partial charge in [-0.1, -0.05) is 48.5 Å². The molecule has 3 aromatic rings. The summed E-state index contributed by atoms with van der Waals surface area (Å²) in [7, 11) is 1.37. The Morgan fingerprint density at radius 1 is 1.00 bits per heavy atom. The first-order valence-electron chi connectivity index (χ1n) is 11.3. The van der Waals surface area contributed by atoms with E-state index in [-0.39, 0.29) is 17.4 Å². The van der Waals surface area contributed by atoms with Crippen molar-refractivity contribution >= 4 is 11.9 Å². The number of carbonyl (C=O) groups is 2. The van der Waals surface area contributed by atoms with Gasteiger partial charge in [-0.3, -0.25) is 4.79 Å². The van der Waals surface area contributed by atoms with Crippen LogP contribution in [0.15, 0.2) is 72.9 Å². The molecule has 8 nitrogen and oxygen atoms in total. The number of nitrogens with zero attached hydrogens (tertiary/aromatic N) is 1. The molecule has 0 aliphatic rings. The highest BCUT2D eigenvalue weighted by Crippen LogP contribution is 2.27. The summed E-state index contributed by atoms with van der Waals surface area (Å²) in [5.41, 5.74) is 0.855. The molecule has 1 unspecified atom stereocenters. The lowest BCUT2D eigenvalue weighted by atomic mass is 9.95. The minimum absolute atomic E-state index is 0.108. The number of methoxy groups -OCH3 is 1. The summed E-state index contributed by atoms with van der Waals surface area (Å²) in [6.45, 7) is 3.66. The van der Waals surface area contributed by atoms with Crippen LogP contribution in [0.25, 0.3) is 0 Å². The van der Waals surface area contributed by atoms with Crippen LogP contribution in [-0.2, 0) is 16.0 Å². The second kappa shape index (κ2) is 12.4. The van der Waals surface area contributed by atoms with E-state index in [1.165, 1.54) is 26.3 Å². The molecule has 3 rings (SSSR count). The number of pyridine rings is 1. The highest BCUT2D eigenvalue weighted by molar-refractivity contribution is 5.97. The van der Waals surface area contributed by atoms with Gasteiger partial charge in [-0.25, -0.2) is 9.78 Å². The first-order valence-corrected chi connectivity index (χ1v) is 11.3. The number of nitrogens with one attached hydrogen (secondary N) is 1. The summed E-state index contributed by atoms with van der Waals surface area (Å²) in [6.07, 6.45) is 1.48. The minimum atomic E-state index is -0.968. The smallest absolute Gasteiger partial charge is 0.328 e. The Morgan fingerprint density at radius 3 is 2.31 bits per heavy atom. The Balaban J connectivity index is 1.64. The van der Waals surface area contributed by atoms with Gasteiger partial charge >= 0.3 is 5.97 Å². The van der Waals surface area contributed by atoms with E-state index >= 15 is 0 Å². The molecule has 1 aromatic heterocycles. The summed E-state index contributed by atoms with van der Waals surface area (Å²) < 4.78 is 16.7. The number of benzene rings is 2. The summed E-state index contributed by atoms with van der Waals surface area (Å²) in [5, 5.41) is 12.7. The van der Waals surface area contributed by atoms with Crippen LogP contribution < -0.4 is 14.8 Å². The SMILES string of the molecule is COc1ccnc(C(=O)NC(C)C(=O)O[C@@H](C)[C@@H](COc2ccccc2)Cc2ccccc2)c1O. The van der Waals surface area contributed by atoms with E-state index < -0.39 is 29.8 Å². The lowest BCUT2D eigenvalue weighted by Gasteiger charge is -2.26. The Hall–Kier alpha value is -4.07. The third-order valence-corrected chi connectivity index (χ3v) is 5.54. The Morgan fingerprint density at radius 2 is 1.66 bits per heavy atom. The van der Waals surface area contributed by atoms with E-state index in [2.05, 4.69) is 10.3 Å². The predicted octanol–water partition coefficient (Wildman–Crippen LogP) is 3.78. The zero-order valence-electron chi connectivity index (χ0n) is 20.0. The Bertz CT molecular complexity index is 1110. The normalized spacial score (nSPS) is 13.2. The molecule has 0 aliphatic heterocycles. The number of amides is 1. The topological polar surface area (TPSA) is 107 Å². The molecule has 184 valence electrons. The van der Waals surface area contributed by atoms with Gasteiger partial charge in [-0.2, -0.15) is 0 Å². The molecule has 1 heterocycles. The molecule has 0 saturated heterocycles. The summed E-state index contributed by atoms with van der Waals surface area (Å²) in [6, 6.07) is 19.8. The van der Waals surface area contributed by atoms with E-state index in [4.69, 9.17) is 14.2 Å². The fourth-order valence-corrected chi connectivity index (χ4v) is 3.47. The van der Waals surface area contributed by atoms with Crippen LogP contribution >= 0.6 is 0 Å². The number of aromatic hydroxyl groups is 1. The van der Waals surface area contributed by atoms with Crippen LogP contribution in [0.1, 0.15) is 29.9 Å². The zero-order chi connectivity index (χ0) is 25.2. The van der Waals surface area contributed by atoms with Gasteiger partial charge in [0.1, 0.15) is 17.9 Å². The fourth-order valence-electron chi connectivity index (χ4n) is 3.47. The molecule has 0 aliphatic carbocycles. The monoisotopic (exact) mass is 478 g/mol. The molecule has 0 saturated carbocycles. The van der Waals surface area contributed by atoms with Gasteiger partial charge in [-0.05, 0) is 38.0 Å². The first-order chi connectivity index (χ1) is 16.9. The standard InChI is InChI=1S/C27H30N2O6/c1-18(29-26(31)24-25(30)23(33-3)14-15-28-24)27(32)35-19(2)21(16-20-10-6-4-7-11-20)17-34-22-12-8-5-9-13-22/h4-15,18-19,21,30H,16-17H2,1-3H3,(H,29,31)/t18?,19-,21+/m0/s1. The molecule has 3 atom stereocenters.